The molecule has 3 heterocycles. The number of pyridine rings is 1. The molecule has 4 nitrogen and oxygen atoms in total. The van der Waals surface area contributed by atoms with E-state index in [1.165, 1.54) is 24.0 Å². The van der Waals surface area contributed by atoms with E-state index in [2.05, 4.69) is 58.5 Å². The summed E-state index contributed by atoms with van der Waals surface area (Å²) in [4.78, 5) is 6.95. The molecular formula is C22H25N3O. The summed E-state index contributed by atoms with van der Waals surface area (Å²) in [5.41, 5.74) is 3.56. The smallest absolute Gasteiger partial charge is 0.134 e. The maximum atomic E-state index is 5.95. The maximum Gasteiger partial charge on any atom is 0.134 e. The van der Waals surface area contributed by atoms with E-state index in [1.54, 1.807) is 0 Å². The van der Waals surface area contributed by atoms with Crippen LogP contribution in [0.3, 0.4) is 0 Å². The minimum Gasteiger partial charge on any atom is -0.460 e. The van der Waals surface area contributed by atoms with Crippen LogP contribution in [0.25, 0.3) is 11.3 Å². The fourth-order valence-electron chi connectivity index (χ4n) is 3.33. The fourth-order valence-corrected chi connectivity index (χ4v) is 3.33. The molecule has 0 spiro atoms. The maximum absolute atomic E-state index is 5.95. The molecule has 0 aliphatic carbocycles. The standard InChI is InChI=1S/C22H25N3O/c1-17-4-7-19(8-5-17)21-10-9-20(26-21)16-23-14-18-6-11-22(24-15-18)25-12-2-3-13-25/h4-11,15,23H,2-3,12-14,16H2,1H3. The van der Waals surface area contributed by atoms with E-state index in [-0.39, 0.29) is 0 Å². The van der Waals surface area contributed by atoms with Crippen molar-refractivity contribution in [2.75, 3.05) is 18.0 Å². The Bertz CT molecular complexity index is 831. The number of hydrogen-bond acceptors (Lipinski definition) is 4. The first-order chi connectivity index (χ1) is 12.8. The molecule has 0 amide bonds. The third kappa shape index (κ3) is 3.97. The van der Waals surface area contributed by atoms with Gasteiger partial charge in [0.05, 0.1) is 6.54 Å². The van der Waals surface area contributed by atoms with Crippen molar-refractivity contribution >= 4 is 5.82 Å². The first-order valence-corrected chi connectivity index (χ1v) is 9.34. The van der Waals surface area contributed by atoms with Gasteiger partial charge in [-0.3, -0.25) is 0 Å². The van der Waals surface area contributed by atoms with Crippen LogP contribution in [0.5, 0.6) is 0 Å². The van der Waals surface area contributed by atoms with Crippen LogP contribution in [0, 0.1) is 6.92 Å². The van der Waals surface area contributed by atoms with E-state index < -0.39 is 0 Å². The number of aryl methyl sites for hydroxylation is 1. The van der Waals surface area contributed by atoms with E-state index in [0.29, 0.717) is 6.54 Å². The zero-order chi connectivity index (χ0) is 17.8. The topological polar surface area (TPSA) is 41.3 Å². The van der Waals surface area contributed by atoms with Crippen LogP contribution in [0.1, 0.15) is 29.7 Å². The summed E-state index contributed by atoms with van der Waals surface area (Å²) < 4.78 is 5.95. The van der Waals surface area contributed by atoms with Crippen molar-refractivity contribution in [3.8, 4) is 11.3 Å². The molecule has 1 fully saturated rings. The quantitative estimate of drug-likeness (QED) is 0.711. The Morgan fingerprint density at radius 1 is 0.962 bits per heavy atom. The number of anilines is 1. The first kappa shape index (κ1) is 16.9. The van der Waals surface area contributed by atoms with Gasteiger partial charge in [-0.1, -0.05) is 35.9 Å². The SMILES string of the molecule is Cc1ccc(-c2ccc(CNCc3ccc(N4CCCC4)nc3)o2)cc1. The van der Waals surface area contributed by atoms with Crippen molar-refractivity contribution in [3.63, 3.8) is 0 Å². The van der Waals surface area contributed by atoms with Gasteiger partial charge in [0.15, 0.2) is 0 Å². The normalized spacial score (nSPS) is 14.1. The molecule has 1 aromatic carbocycles. The molecule has 0 unspecified atom stereocenters. The molecular weight excluding hydrogens is 322 g/mol. The van der Waals surface area contributed by atoms with Gasteiger partial charge in [0.1, 0.15) is 17.3 Å². The summed E-state index contributed by atoms with van der Waals surface area (Å²) in [5.74, 6) is 2.96. The number of benzene rings is 1. The van der Waals surface area contributed by atoms with Crippen LogP contribution < -0.4 is 10.2 Å². The van der Waals surface area contributed by atoms with Gasteiger partial charge in [-0.25, -0.2) is 4.98 Å². The second kappa shape index (κ2) is 7.75. The Morgan fingerprint density at radius 2 is 1.77 bits per heavy atom. The number of hydrogen-bond donors (Lipinski definition) is 1. The number of aromatic nitrogens is 1. The van der Waals surface area contributed by atoms with Crippen molar-refractivity contribution in [2.45, 2.75) is 32.9 Å². The van der Waals surface area contributed by atoms with Crippen LogP contribution >= 0.6 is 0 Å². The highest BCUT2D eigenvalue weighted by atomic mass is 16.3. The van der Waals surface area contributed by atoms with Gasteiger partial charge in [0, 0.05) is 31.4 Å². The van der Waals surface area contributed by atoms with Crippen molar-refractivity contribution in [1.82, 2.24) is 10.3 Å². The predicted octanol–water partition coefficient (Wildman–Crippen LogP) is 4.54. The molecule has 134 valence electrons. The summed E-state index contributed by atoms with van der Waals surface area (Å²) in [6.45, 7) is 5.85. The molecule has 3 aromatic rings. The molecule has 1 aliphatic rings. The molecule has 26 heavy (non-hydrogen) atoms. The molecule has 0 saturated carbocycles. The Labute approximate surface area is 154 Å². The predicted molar refractivity (Wildman–Crippen MR) is 105 cm³/mol. The van der Waals surface area contributed by atoms with Crippen LogP contribution in [-0.2, 0) is 13.1 Å². The summed E-state index contributed by atoms with van der Waals surface area (Å²) in [6.07, 6.45) is 4.53. The summed E-state index contributed by atoms with van der Waals surface area (Å²) in [5, 5.41) is 3.43. The molecule has 0 radical (unpaired) electrons. The highest BCUT2D eigenvalue weighted by molar-refractivity contribution is 5.57. The number of nitrogens with zero attached hydrogens (tertiary/aromatic N) is 2. The first-order valence-electron chi connectivity index (χ1n) is 9.34. The van der Waals surface area contributed by atoms with Gasteiger partial charge in [0.25, 0.3) is 0 Å². The third-order valence-corrected chi connectivity index (χ3v) is 4.87. The van der Waals surface area contributed by atoms with E-state index in [1.807, 2.05) is 18.3 Å². The molecule has 0 bridgehead atoms. The number of nitrogens with one attached hydrogen (secondary N) is 1. The Balaban J connectivity index is 1.30. The van der Waals surface area contributed by atoms with E-state index in [9.17, 15) is 0 Å². The van der Waals surface area contributed by atoms with Crippen molar-refractivity contribution < 1.29 is 4.42 Å². The second-order valence-electron chi connectivity index (χ2n) is 6.95. The van der Waals surface area contributed by atoms with Crippen LogP contribution in [0.15, 0.2) is 59.1 Å². The second-order valence-corrected chi connectivity index (χ2v) is 6.95. The third-order valence-electron chi connectivity index (χ3n) is 4.87. The van der Waals surface area contributed by atoms with Crippen LogP contribution in [0.2, 0.25) is 0 Å². The summed E-state index contributed by atoms with van der Waals surface area (Å²) in [6, 6.07) is 16.8. The monoisotopic (exact) mass is 347 g/mol. The van der Waals surface area contributed by atoms with Gasteiger partial charge in [-0.2, -0.15) is 0 Å². The summed E-state index contributed by atoms with van der Waals surface area (Å²) >= 11 is 0. The highest BCUT2D eigenvalue weighted by Crippen LogP contribution is 2.22. The molecule has 4 rings (SSSR count). The van der Waals surface area contributed by atoms with E-state index >= 15 is 0 Å². The Hall–Kier alpha value is -2.59. The van der Waals surface area contributed by atoms with Gasteiger partial charge in [-0.15, -0.1) is 0 Å². The van der Waals surface area contributed by atoms with Gasteiger partial charge >= 0.3 is 0 Å². The van der Waals surface area contributed by atoms with Gasteiger partial charge in [-0.05, 0) is 43.5 Å². The number of rotatable bonds is 6. The van der Waals surface area contributed by atoms with Crippen LogP contribution in [0.4, 0.5) is 5.82 Å². The lowest BCUT2D eigenvalue weighted by Crippen LogP contribution is -2.19. The molecule has 4 heteroatoms. The Kier molecular flexibility index (Phi) is 5.02. The highest BCUT2D eigenvalue weighted by Gasteiger charge is 2.12. The molecule has 1 N–H and O–H groups in total. The van der Waals surface area contributed by atoms with Gasteiger partial charge in [0.2, 0.25) is 0 Å². The summed E-state index contributed by atoms with van der Waals surface area (Å²) in [7, 11) is 0. The number of furan rings is 1. The Morgan fingerprint density at radius 3 is 2.50 bits per heavy atom. The molecule has 1 saturated heterocycles. The zero-order valence-corrected chi connectivity index (χ0v) is 15.2. The lowest BCUT2D eigenvalue weighted by atomic mass is 10.1. The molecule has 0 atom stereocenters. The molecule has 1 aliphatic heterocycles. The van der Waals surface area contributed by atoms with Crippen molar-refractivity contribution in [1.29, 1.82) is 0 Å². The van der Waals surface area contributed by atoms with Crippen molar-refractivity contribution in [2.24, 2.45) is 0 Å². The lowest BCUT2D eigenvalue weighted by molar-refractivity contribution is 0.493. The zero-order valence-electron chi connectivity index (χ0n) is 15.2. The van der Waals surface area contributed by atoms with Gasteiger partial charge < -0.3 is 14.6 Å². The molecule has 2 aromatic heterocycles. The van der Waals surface area contributed by atoms with Crippen molar-refractivity contribution in [3.05, 3.63) is 71.6 Å². The average Bonchev–Trinajstić information content (AvgIpc) is 3.35. The average molecular weight is 347 g/mol. The minimum absolute atomic E-state index is 0.708. The van der Waals surface area contributed by atoms with Crippen LogP contribution in [-0.4, -0.2) is 18.1 Å². The van der Waals surface area contributed by atoms with E-state index in [4.69, 9.17) is 4.42 Å². The lowest BCUT2D eigenvalue weighted by Gasteiger charge is -2.16. The largest absolute Gasteiger partial charge is 0.460 e. The fraction of sp³-hybridized carbons (Fsp3) is 0.318. The van der Waals surface area contributed by atoms with E-state index in [0.717, 1.165) is 42.5 Å². The minimum atomic E-state index is 0.708.